The van der Waals surface area contributed by atoms with E-state index in [2.05, 4.69) is 41.9 Å². The monoisotopic (exact) mass is 771 g/mol. The normalized spacial score (nSPS) is 14.2. The fraction of sp³-hybridized carbons (Fsp3) is 0.719. The van der Waals surface area contributed by atoms with Crippen molar-refractivity contribution in [2.45, 2.75) is 109 Å². The second-order valence-corrected chi connectivity index (χ2v) is 13.5. The highest BCUT2D eigenvalue weighted by atomic mass is 16.4. The molecule has 0 aromatic rings. The van der Waals surface area contributed by atoms with Gasteiger partial charge in [-0.25, -0.2) is 0 Å². The maximum Gasteiger partial charge on any atom is 0.322 e. The van der Waals surface area contributed by atoms with Gasteiger partial charge in [0.2, 0.25) is 35.4 Å². The standard InChI is InChI=1S/C32H61N13O9/c1-16(2)12-19(33)26(50)42-21(9-7-11-39-32(36)37)29(53)43-20(8-6-10-38-31(34)35)28(52)41-18(5)25(49)45-23(15-46)30(54)44-22(13-17(3)4)27(51)40-14-24(47)48/h16-23,46H,6-15,33H2,1-5H3,(H,40,51)(H,41,52)(H,42,50)(H,43,53)(H,44,54)(H,45,49)(H,47,48)(H4,34,35,38)(H4,36,37,39)/t18-,19+,20-,21+,22+,23+/m1/s1. The highest BCUT2D eigenvalue weighted by molar-refractivity contribution is 5.96. The lowest BCUT2D eigenvalue weighted by Crippen LogP contribution is -2.59. The molecule has 0 aromatic carbocycles. The van der Waals surface area contributed by atoms with Crippen molar-refractivity contribution in [2.75, 3.05) is 26.2 Å². The minimum atomic E-state index is -1.56. The van der Waals surface area contributed by atoms with E-state index in [1.54, 1.807) is 13.8 Å². The van der Waals surface area contributed by atoms with Gasteiger partial charge < -0.3 is 70.8 Å². The second-order valence-electron chi connectivity index (χ2n) is 13.5. The molecule has 0 saturated carbocycles. The van der Waals surface area contributed by atoms with Crippen LogP contribution in [-0.2, 0) is 33.6 Å². The molecule has 0 fully saturated rings. The summed E-state index contributed by atoms with van der Waals surface area (Å²) in [5.41, 5.74) is 27.6. The number of guanidine groups is 2. The van der Waals surface area contributed by atoms with Gasteiger partial charge in [-0.3, -0.25) is 43.5 Å². The highest BCUT2D eigenvalue weighted by Gasteiger charge is 2.31. The first-order valence-electron chi connectivity index (χ1n) is 17.7. The summed E-state index contributed by atoms with van der Waals surface area (Å²) in [5, 5.41) is 33.3. The summed E-state index contributed by atoms with van der Waals surface area (Å²) in [6.45, 7) is 7.28. The minimum absolute atomic E-state index is 0.00687. The van der Waals surface area contributed by atoms with Gasteiger partial charge in [-0.1, -0.05) is 27.7 Å². The maximum absolute atomic E-state index is 13.6. The van der Waals surface area contributed by atoms with Crippen LogP contribution in [0.1, 0.15) is 73.1 Å². The predicted molar refractivity (Wildman–Crippen MR) is 200 cm³/mol. The van der Waals surface area contributed by atoms with E-state index in [1.165, 1.54) is 6.92 Å². The minimum Gasteiger partial charge on any atom is -0.480 e. The number of nitrogens with zero attached hydrogens (tertiary/aromatic N) is 2. The molecule has 308 valence electrons. The number of rotatable bonds is 26. The third kappa shape index (κ3) is 21.3. The number of nitrogens with two attached hydrogens (primary N) is 5. The molecule has 6 amide bonds. The molecule has 0 heterocycles. The molecule has 0 saturated heterocycles. The number of carbonyl (C=O) groups is 7. The summed E-state index contributed by atoms with van der Waals surface area (Å²) in [6.07, 6.45) is 1.03. The van der Waals surface area contributed by atoms with E-state index < -0.39 is 90.8 Å². The molecule has 0 radical (unpaired) electrons. The first-order chi connectivity index (χ1) is 25.2. The van der Waals surface area contributed by atoms with Crippen molar-refractivity contribution < 1.29 is 43.8 Å². The maximum atomic E-state index is 13.6. The molecule has 0 aliphatic carbocycles. The lowest BCUT2D eigenvalue weighted by Gasteiger charge is -2.26. The molecule has 6 atom stereocenters. The first-order valence-corrected chi connectivity index (χ1v) is 17.7. The van der Waals surface area contributed by atoms with Crippen LogP contribution in [0.5, 0.6) is 0 Å². The quantitative estimate of drug-likeness (QED) is 0.0223. The molecular weight excluding hydrogens is 710 g/mol. The van der Waals surface area contributed by atoms with Crippen LogP contribution in [-0.4, -0.2) is 126 Å². The SMILES string of the molecule is CC(C)C[C@H](NC(=O)[C@H](CO)NC(=O)[C@@H](C)NC(=O)[C@@H](CCCN=C(N)N)NC(=O)[C@H](CCCN=C(N)N)NC(=O)[C@@H](N)CC(C)C)C(=O)NCC(=O)O. The Hall–Kier alpha value is -5.25. The number of carboxylic acid groups (broad SMARTS) is 1. The van der Waals surface area contributed by atoms with Gasteiger partial charge in [0.05, 0.1) is 12.6 Å². The number of aliphatic carboxylic acids is 1. The van der Waals surface area contributed by atoms with Gasteiger partial charge in [0.1, 0.15) is 36.8 Å². The number of aliphatic hydroxyl groups is 1. The van der Waals surface area contributed by atoms with Crippen molar-refractivity contribution in [1.29, 1.82) is 0 Å². The molecular formula is C32H61N13O9. The van der Waals surface area contributed by atoms with Crippen molar-refractivity contribution in [1.82, 2.24) is 31.9 Å². The van der Waals surface area contributed by atoms with Crippen LogP contribution in [0.3, 0.4) is 0 Å². The van der Waals surface area contributed by atoms with Crippen molar-refractivity contribution >= 4 is 53.3 Å². The predicted octanol–water partition coefficient (Wildman–Crippen LogP) is -4.85. The van der Waals surface area contributed by atoms with Crippen LogP contribution in [0.15, 0.2) is 9.98 Å². The van der Waals surface area contributed by atoms with E-state index >= 15 is 0 Å². The molecule has 0 aliphatic rings. The Morgan fingerprint density at radius 1 is 0.574 bits per heavy atom. The molecule has 0 spiro atoms. The van der Waals surface area contributed by atoms with Crippen LogP contribution in [0.25, 0.3) is 0 Å². The Morgan fingerprint density at radius 3 is 1.44 bits per heavy atom. The highest BCUT2D eigenvalue weighted by Crippen LogP contribution is 2.08. The zero-order chi connectivity index (χ0) is 41.5. The number of carboxylic acids is 1. The van der Waals surface area contributed by atoms with E-state index in [1.807, 2.05) is 13.8 Å². The summed E-state index contributed by atoms with van der Waals surface area (Å²) in [5.74, 6) is -6.38. The zero-order valence-corrected chi connectivity index (χ0v) is 31.7. The van der Waals surface area contributed by atoms with Gasteiger partial charge in [-0.15, -0.1) is 0 Å². The fourth-order valence-electron chi connectivity index (χ4n) is 4.84. The Kier molecular flexibility index (Phi) is 23.2. The molecule has 0 bridgehead atoms. The molecule has 22 heteroatoms. The van der Waals surface area contributed by atoms with Crippen molar-refractivity contribution in [3.8, 4) is 0 Å². The van der Waals surface area contributed by atoms with Crippen molar-refractivity contribution in [3.05, 3.63) is 0 Å². The lowest BCUT2D eigenvalue weighted by molar-refractivity contribution is -0.138. The van der Waals surface area contributed by atoms with E-state index in [4.69, 9.17) is 33.8 Å². The lowest BCUT2D eigenvalue weighted by atomic mass is 10.0. The zero-order valence-electron chi connectivity index (χ0n) is 31.7. The molecule has 0 aromatic heterocycles. The average Bonchev–Trinajstić information content (AvgIpc) is 3.06. The van der Waals surface area contributed by atoms with E-state index in [-0.39, 0.29) is 68.9 Å². The van der Waals surface area contributed by atoms with Gasteiger partial charge in [0.15, 0.2) is 11.9 Å². The van der Waals surface area contributed by atoms with Gasteiger partial charge in [-0.05, 0) is 57.3 Å². The number of nitrogens with one attached hydrogen (secondary N) is 6. The number of hydrogen-bond acceptors (Lipinski definition) is 11. The van der Waals surface area contributed by atoms with Gasteiger partial charge in [0, 0.05) is 13.1 Å². The number of aliphatic imine (C=N–C) groups is 2. The number of hydrogen-bond donors (Lipinski definition) is 13. The Labute approximate surface area is 315 Å². The summed E-state index contributed by atoms with van der Waals surface area (Å²) in [7, 11) is 0. The van der Waals surface area contributed by atoms with Crippen LogP contribution in [0, 0.1) is 11.8 Å². The van der Waals surface area contributed by atoms with Gasteiger partial charge >= 0.3 is 5.97 Å². The Balaban J connectivity index is 5.96. The second kappa shape index (κ2) is 25.7. The Morgan fingerprint density at radius 2 is 1.00 bits per heavy atom. The number of amides is 6. The average molecular weight is 772 g/mol. The van der Waals surface area contributed by atoms with E-state index in [9.17, 15) is 38.7 Å². The number of carbonyl (C=O) groups excluding carboxylic acids is 6. The molecule has 0 aliphatic heterocycles. The molecule has 54 heavy (non-hydrogen) atoms. The van der Waals surface area contributed by atoms with Gasteiger partial charge in [0.25, 0.3) is 0 Å². The molecule has 22 nitrogen and oxygen atoms in total. The van der Waals surface area contributed by atoms with Crippen molar-refractivity contribution in [3.63, 3.8) is 0 Å². The van der Waals surface area contributed by atoms with Crippen LogP contribution < -0.4 is 60.6 Å². The summed E-state index contributed by atoms with van der Waals surface area (Å²) < 4.78 is 0. The first kappa shape index (κ1) is 48.8. The molecule has 0 unspecified atom stereocenters. The Bertz CT molecular complexity index is 1320. The topological polar surface area (TPSA) is 387 Å². The molecule has 0 rings (SSSR count). The smallest absolute Gasteiger partial charge is 0.322 e. The summed E-state index contributed by atoms with van der Waals surface area (Å²) in [6, 6.07) is -7.36. The summed E-state index contributed by atoms with van der Waals surface area (Å²) in [4.78, 5) is 97.1. The van der Waals surface area contributed by atoms with E-state index in [0.717, 1.165) is 0 Å². The van der Waals surface area contributed by atoms with E-state index in [0.29, 0.717) is 6.42 Å². The molecule has 18 N–H and O–H groups in total. The van der Waals surface area contributed by atoms with Crippen molar-refractivity contribution in [2.24, 2.45) is 50.5 Å². The van der Waals surface area contributed by atoms with Gasteiger partial charge in [-0.2, -0.15) is 0 Å². The van der Waals surface area contributed by atoms with Crippen LogP contribution in [0.2, 0.25) is 0 Å². The van der Waals surface area contributed by atoms with Crippen LogP contribution in [0.4, 0.5) is 0 Å². The third-order valence-electron chi connectivity index (χ3n) is 7.54. The number of aliphatic hydroxyl groups excluding tert-OH is 1. The largest absolute Gasteiger partial charge is 0.480 e. The third-order valence-corrected chi connectivity index (χ3v) is 7.54. The van der Waals surface area contributed by atoms with Crippen LogP contribution >= 0.6 is 0 Å². The summed E-state index contributed by atoms with van der Waals surface area (Å²) >= 11 is 0. The fourth-order valence-corrected chi connectivity index (χ4v) is 4.84.